The van der Waals surface area contributed by atoms with Gasteiger partial charge in [0.1, 0.15) is 0 Å². The van der Waals surface area contributed by atoms with Gasteiger partial charge in [-0.3, -0.25) is 0 Å². The van der Waals surface area contributed by atoms with Crippen molar-refractivity contribution in [3.8, 4) is 0 Å². The molecular formula is C16H18. The SMILES string of the molecule is Cc1cccc2c1=CCC1C=2C=CCC1C. The third kappa shape index (κ3) is 1.36. The summed E-state index contributed by atoms with van der Waals surface area (Å²) in [6, 6.07) is 6.68. The number of rotatable bonds is 0. The average Bonchev–Trinajstić information content (AvgIpc) is 2.30. The predicted octanol–water partition coefficient (Wildman–Crippen LogP) is 2.54. The first-order valence-electron chi connectivity index (χ1n) is 6.24. The average molecular weight is 210 g/mol. The second kappa shape index (κ2) is 3.62. The molecule has 0 heteroatoms. The molecule has 0 heterocycles. The first kappa shape index (κ1) is 9.89. The lowest BCUT2D eigenvalue weighted by Crippen LogP contribution is -2.36. The maximum atomic E-state index is 2.44. The second-order valence-electron chi connectivity index (χ2n) is 5.15. The van der Waals surface area contributed by atoms with Gasteiger partial charge in [0.25, 0.3) is 0 Å². The Morgan fingerprint density at radius 3 is 2.94 bits per heavy atom. The largest absolute Gasteiger partial charge is 0.0839 e. The van der Waals surface area contributed by atoms with E-state index in [4.69, 9.17) is 0 Å². The Bertz CT molecular complexity index is 560. The maximum absolute atomic E-state index is 2.44. The minimum absolute atomic E-state index is 0.749. The lowest BCUT2D eigenvalue weighted by molar-refractivity contribution is 0.444. The standard InChI is InChI=1S/C16H18/c1-11-5-3-7-15-13(11)9-10-14-12(2)6-4-8-16(14)15/h3-5,7-9,12,14H,6,10H2,1-2H3. The first-order chi connectivity index (χ1) is 7.77. The number of fused-ring (bicyclic) bond motifs is 2. The summed E-state index contributed by atoms with van der Waals surface area (Å²) >= 11 is 0. The van der Waals surface area contributed by atoms with Crippen LogP contribution in [0.4, 0.5) is 0 Å². The van der Waals surface area contributed by atoms with Gasteiger partial charge in [0, 0.05) is 0 Å². The minimum atomic E-state index is 0.749. The maximum Gasteiger partial charge on any atom is -0.00924 e. The summed E-state index contributed by atoms with van der Waals surface area (Å²) in [6.45, 7) is 4.59. The summed E-state index contributed by atoms with van der Waals surface area (Å²) in [6.07, 6.45) is 9.60. The molecule has 3 rings (SSSR count). The Hall–Kier alpha value is -1.30. The molecule has 1 aromatic rings. The predicted molar refractivity (Wildman–Crippen MR) is 69.3 cm³/mol. The van der Waals surface area contributed by atoms with Crippen molar-refractivity contribution in [1.29, 1.82) is 0 Å². The molecule has 1 aromatic carbocycles. The molecule has 0 amide bonds. The van der Waals surface area contributed by atoms with Crippen molar-refractivity contribution in [2.75, 3.05) is 0 Å². The first-order valence-corrected chi connectivity index (χ1v) is 6.24. The van der Waals surface area contributed by atoms with Gasteiger partial charge in [-0.05, 0) is 53.2 Å². The van der Waals surface area contributed by atoms with Crippen molar-refractivity contribution in [1.82, 2.24) is 0 Å². The van der Waals surface area contributed by atoms with E-state index in [2.05, 4.69) is 50.3 Å². The minimum Gasteiger partial charge on any atom is -0.0839 e. The van der Waals surface area contributed by atoms with E-state index < -0.39 is 0 Å². The molecule has 2 unspecified atom stereocenters. The van der Waals surface area contributed by atoms with Crippen molar-refractivity contribution in [3.63, 3.8) is 0 Å². The van der Waals surface area contributed by atoms with Crippen LogP contribution in [0.5, 0.6) is 0 Å². The Balaban J connectivity index is 2.36. The highest BCUT2D eigenvalue weighted by Crippen LogP contribution is 2.33. The van der Waals surface area contributed by atoms with E-state index in [0.717, 1.165) is 11.8 Å². The van der Waals surface area contributed by atoms with E-state index in [1.54, 1.807) is 5.57 Å². The highest BCUT2D eigenvalue weighted by Gasteiger charge is 2.24. The fourth-order valence-electron chi connectivity index (χ4n) is 3.10. The van der Waals surface area contributed by atoms with E-state index in [1.165, 1.54) is 28.8 Å². The van der Waals surface area contributed by atoms with Crippen LogP contribution in [-0.4, -0.2) is 0 Å². The lowest BCUT2D eigenvalue weighted by atomic mass is 9.75. The number of benzene rings is 1. The summed E-state index contributed by atoms with van der Waals surface area (Å²) in [5.41, 5.74) is 2.98. The molecule has 0 bridgehead atoms. The topological polar surface area (TPSA) is 0 Å². The molecule has 0 aromatic heterocycles. The van der Waals surface area contributed by atoms with Crippen LogP contribution in [-0.2, 0) is 0 Å². The summed E-state index contributed by atoms with van der Waals surface area (Å²) in [5.74, 6) is 1.55. The van der Waals surface area contributed by atoms with Gasteiger partial charge in [-0.2, -0.15) is 0 Å². The van der Waals surface area contributed by atoms with Gasteiger partial charge in [-0.1, -0.05) is 43.4 Å². The van der Waals surface area contributed by atoms with E-state index in [-0.39, 0.29) is 0 Å². The second-order valence-corrected chi connectivity index (χ2v) is 5.15. The summed E-state index contributed by atoms with van der Waals surface area (Å²) in [5, 5.41) is 2.94. The van der Waals surface area contributed by atoms with Crippen LogP contribution in [0.2, 0.25) is 0 Å². The van der Waals surface area contributed by atoms with Gasteiger partial charge >= 0.3 is 0 Å². The zero-order chi connectivity index (χ0) is 11.1. The van der Waals surface area contributed by atoms with Crippen LogP contribution in [0.25, 0.3) is 11.6 Å². The molecule has 0 aliphatic heterocycles. The molecule has 16 heavy (non-hydrogen) atoms. The van der Waals surface area contributed by atoms with Crippen molar-refractivity contribution < 1.29 is 0 Å². The summed E-state index contributed by atoms with van der Waals surface area (Å²) < 4.78 is 0. The molecule has 2 atom stereocenters. The van der Waals surface area contributed by atoms with Gasteiger partial charge in [-0.25, -0.2) is 0 Å². The van der Waals surface area contributed by atoms with Gasteiger partial charge in [0.2, 0.25) is 0 Å². The molecule has 2 aliphatic carbocycles. The van der Waals surface area contributed by atoms with E-state index in [0.29, 0.717) is 0 Å². The molecule has 0 radical (unpaired) electrons. The zero-order valence-corrected chi connectivity index (χ0v) is 10.0. The molecular weight excluding hydrogens is 192 g/mol. The molecule has 0 saturated carbocycles. The smallest absolute Gasteiger partial charge is 0.00924 e. The molecule has 82 valence electrons. The molecule has 0 N–H and O–H groups in total. The summed E-state index contributed by atoms with van der Waals surface area (Å²) in [4.78, 5) is 0. The van der Waals surface area contributed by atoms with Crippen molar-refractivity contribution in [2.24, 2.45) is 11.8 Å². The van der Waals surface area contributed by atoms with Crippen LogP contribution < -0.4 is 10.4 Å². The third-order valence-electron chi connectivity index (χ3n) is 4.10. The fourth-order valence-corrected chi connectivity index (χ4v) is 3.10. The van der Waals surface area contributed by atoms with E-state index in [1.807, 2.05) is 0 Å². The number of allylic oxidation sites excluding steroid dienone is 2. The number of hydrogen-bond acceptors (Lipinski definition) is 0. The highest BCUT2D eigenvalue weighted by atomic mass is 14.3. The molecule has 0 fully saturated rings. The van der Waals surface area contributed by atoms with Crippen molar-refractivity contribution >= 4 is 11.6 Å². The molecule has 0 spiro atoms. The van der Waals surface area contributed by atoms with Gasteiger partial charge in [-0.15, -0.1) is 0 Å². The Kier molecular flexibility index (Phi) is 2.24. The lowest BCUT2D eigenvalue weighted by Gasteiger charge is -2.29. The van der Waals surface area contributed by atoms with Crippen LogP contribution in [0.3, 0.4) is 0 Å². The number of aryl methyl sites for hydroxylation is 1. The molecule has 0 nitrogen and oxygen atoms in total. The summed E-state index contributed by atoms with van der Waals surface area (Å²) in [7, 11) is 0. The Morgan fingerprint density at radius 1 is 1.19 bits per heavy atom. The number of hydrogen-bond donors (Lipinski definition) is 0. The normalized spacial score (nSPS) is 27.0. The van der Waals surface area contributed by atoms with Crippen LogP contribution >= 0.6 is 0 Å². The van der Waals surface area contributed by atoms with Gasteiger partial charge in [0.15, 0.2) is 0 Å². The van der Waals surface area contributed by atoms with E-state index in [9.17, 15) is 0 Å². The van der Waals surface area contributed by atoms with Crippen molar-refractivity contribution in [3.05, 3.63) is 46.4 Å². The van der Waals surface area contributed by atoms with Gasteiger partial charge < -0.3 is 0 Å². The van der Waals surface area contributed by atoms with Crippen LogP contribution in [0.1, 0.15) is 25.3 Å². The zero-order valence-electron chi connectivity index (χ0n) is 10.0. The fraction of sp³-hybridized carbons (Fsp3) is 0.375. The van der Waals surface area contributed by atoms with Crippen LogP contribution in [0, 0.1) is 18.8 Å². The monoisotopic (exact) mass is 210 g/mol. The Morgan fingerprint density at radius 2 is 2.06 bits per heavy atom. The Labute approximate surface area is 97.0 Å². The molecule has 2 aliphatic rings. The molecule has 0 saturated heterocycles. The highest BCUT2D eigenvalue weighted by molar-refractivity contribution is 5.64. The van der Waals surface area contributed by atoms with Crippen molar-refractivity contribution in [2.45, 2.75) is 26.7 Å². The van der Waals surface area contributed by atoms with E-state index >= 15 is 0 Å². The van der Waals surface area contributed by atoms with Crippen LogP contribution in [0.15, 0.2) is 30.4 Å². The third-order valence-corrected chi connectivity index (χ3v) is 4.10. The quantitative estimate of drug-likeness (QED) is 0.617. The van der Waals surface area contributed by atoms with Gasteiger partial charge in [0.05, 0.1) is 0 Å².